The molecule has 2 aromatic carbocycles. The maximum atomic E-state index is 13.0. The van der Waals surface area contributed by atoms with Crippen molar-refractivity contribution in [2.75, 3.05) is 5.32 Å². The van der Waals surface area contributed by atoms with E-state index in [9.17, 15) is 18.0 Å². The van der Waals surface area contributed by atoms with Crippen molar-refractivity contribution in [1.29, 1.82) is 0 Å². The van der Waals surface area contributed by atoms with Crippen LogP contribution < -0.4 is 5.32 Å². The van der Waals surface area contributed by atoms with Gasteiger partial charge in [0.15, 0.2) is 10.9 Å². The van der Waals surface area contributed by atoms with Gasteiger partial charge in [-0.3, -0.25) is 4.79 Å². The number of carbonyl (C=O) groups excluding carboxylic acids is 1. The predicted molar refractivity (Wildman–Crippen MR) is 112 cm³/mol. The van der Waals surface area contributed by atoms with Gasteiger partial charge in [0.05, 0.1) is 16.9 Å². The van der Waals surface area contributed by atoms with Crippen LogP contribution in [-0.2, 0) is 11.9 Å². The second-order valence-electron chi connectivity index (χ2n) is 6.48. The van der Waals surface area contributed by atoms with Crippen molar-refractivity contribution < 1.29 is 18.0 Å². The van der Waals surface area contributed by atoms with E-state index in [-0.39, 0.29) is 17.1 Å². The highest BCUT2D eigenvalue weighted by molar-refractivity contribution is 7.98. The molecule has 0 radical (unpaired) electrons. The van der Waals surface area contributed by atoms with Crippen molar-refractivity contribution in [1.82, 2.24) is 25.0 Å². The first-order valence-electron chi connectivity index (χ1n) is 9.30. The van der Waals surface area contributed by atoms with E-state index in [4.69, 9.17) is 0 Å². The van der Waals surface area contributed by atoms with Crippen molar-refractivity contribution in [3.8, 4) is 5.69 Å². The minimum absolute atomic E-state index is 0.00378. The van der Waals surface area contributed by atoms with Gasteiger partial charge in [-0.1, -0.05) is 41.2 Å². The van der Waals surface area contributed by atoms with E-state index in [0.717, 1.165) is 12.1 Å². The summed E-state index contributed by atoms with van der Waals surface area (Å²) >= 11 is 1.28. The van der Waals surface area contributed by atoms with Gasteiger partial charge in [0.25, 0.3) is 5.91 Å². The molecule has 2 aromatic heterocycles. The first kappa shape index (κ1) is 21.5. The van der Waals surface area contributed by atoms with Gasteiger partial charge in [-0.15, -0.1) is 5.10 Å². The maximum Gasteiger partial charge on any atom is 0.416 e. The predicted octanol–water partition coefficient (Wildman–Crippen LogP) is 4.62. The molecule has 2 heterocycles. The zero-order valence-electron chi connectivity index (χ0n) is 16.3. The van der Waals surface area contributed by atoms with Crippen molar-refractivity contribution in [3.63, 3.8) is 0 Å². The Morgan fingerprint density at radius 1 is 1.00 bits per heavy atom. The standard InChI is InChI=1S/C21H15F3N6OS/c22-21(23,24)14-6-4-7-15(12-14)27-19(31)18-17(13-32-20-25-10-5-11-26-20)30(29-28-18)16-8-2-1-3-9-16/h1-12H,13H2,(H,27,31). The minimum atomic E-state index is -4.52. The van der Waals surface area contributed by atoms with Gasteiger partial charge in [-0.2, -0.15) is 13.2 Å². The fourth-order valence-corrected chi connectivity index (χ4v) is 3.64. The number of para-hydroxylation sites is 1. The third kappa shape index (κ3) is 4.94. The van der Waals surface area contributed by atoms with Crippen molar-refractivity contribution in [2.24, 2.45) is 0 Å². The molecule has 1 amide bonds. The number of aromatic nitrogens is 5. The Balaban J connectivity index is 1.64. The van der Waals surface area contributed by atoms with Crippen LogP contribution in [0, 0.1) is 0 Å². The molecule has 0 bridgehead atoms. The first-order valence-corrected chi connectivity index (χ1v) is 10.3. The fraction of sp³-hybridized carbons (Fsp3) is 0.0952. The molecule has 0 unspecified atom stereocenters. The van der Waals surface area contributed by atoms with Gasteiger partial charge in [0, 0.05) is 23.8 Å². The molecule has 0 aliphatic carbocycles. The van der Waals surface area contributed by atoms with E-state index in [1.54, 1.807) is 30.6 Å². The number of nitrogens with one attached hydrogen (secondary N) is 1. The monoisotopic (exact) mass is 456 g/mol. The SMILES string of the molecule is O=C(Nc1cccc(C(F)(F)F)c1)c1nnn(-c2ccccc2)c1CSc1ncccn1. The number of rotatable bonds is 6. The van der Waals surface area contributed by atoms with Crippen LogP contribution in [0.3, 0.4) is 0 Å². The molecule has 0 saturated carbocycles. The zero-order chi connectivity index (χ0) is 22.6. The summed E-state index contributed by atoms with van der Waals surface area (Å²) in [4.78, 5) is 21.2. The second kappa shape index (κ2) is 9.18. The molecule has 0 spiro atoms. The highest BCUT2D eigenvalue weighted by Gasteiger charge is 2.30. The molecule has 0 aliphatic rings. The summed E-state index contributed by atoms with van der Waals surface area (Å²) in [7, 11) is 0. The summed E-state index contributed by atoms with van der Waals surface area (Å²) in [6.07, 6.45) is -1.32. The van der Waals surface area contributed by atoms with Crippen LogP contribution in [-0.4, -0.2) is 30.9 Å². The summed E-state index contributed by atoms with van der Waals surface area (Å²) < 4.78 is 40.5. The van der Waals surface area contributed by atoms with Crippen LogP contribution in [0.15, 0.2) is 78.2 Å². The molecule has 0 atom stereocenters. The molecule has 162 valence electrons. The smallest absolute Gasteiger partial charge is 0.321 e. The Labute approximate surface area is 184 Å². The molecular formula is C21H15F3N6OS. The van der Waals surface area contributed by atoms with Crippen LogP contribution in [0.4, 0.5) is 18.9 Å². The number of halogens is 3. The fourth-order valence-electron chi connectivity index (χ4n) is 2.84. The maximum absolute atomic E-state index is 13.0. The Hall–Kier alpha value is -3.73. The average molecular weight is 456 g/mol. The number of carbonyl (C=O) groups is 1. The second-order valence-corrected chi connectivity index (χ2v) is 7.43. The van der Waals surface area contributed by atoms with Gasteiger partial charge >= 0.3 is 6.18 Å². The first-order chi connectivity index (χ1) is 15.4. The topological polar surface area (TPSA) is 85.6 Å². The summed E-state index contributed by atoms with van der Waals surface area (Å²) in [5, 5.41) is 11.1. The van der Waals surface area contributed by atoms with Crippen LogP contribution in [0.5, 0.6) is 0 Å². The third-order valence-electron chi connectivity index (χ3n) is 4.31. The number of thioether (sulfide) groups is 1. The number of nitrogens with zero attached hydrogens (tertiary/aromatic N) is 5. The highest BCUT2D eigenvalue weighted by Crippen LogP contribution is 2.31. The lowest BCUT2D eigenvalue weighted by Crippen LogP contribution is -2.16. The van der Waals surface area contributed by atoms with Crippen molar-refractivity contribution in [3.05, 3.63) is 90.0 Å². The number of amides is 1. The molecule has 32 heavy (non-hydrogen) atoms. The van der Waals surface area contributed by atoms with Crippen LogP contribution in [0.1, 0.15) is 21.7 Å². The zero-order valence-corrected chi connectivity index (χ0v) is 17.1. The minimum Gasteiger partial charge on any atom is -0.321 e. The van der Waals surface area contributed by atoms with Crippen molar-refractivity contribution in [2.45, 2.75) is 17.1 Å². The molecule has 1 N–H and O–H groups in total. The Kier molecular flexibility index (Phi) is 6.17. The highest BCUT2D eigenvalue weighted by atomic mass is 32.2. The number of hydrogen-bond acceptors (Lipinski definition) is 6. The number of hydrogen-bond donors (Lipinski definition) is 1. The summed E-state index contributed by atoms with van der Waals surface area (Å²) in [5.74, 6) is -0.409. The van der Waals surface area contributed by atoms with E-state index >= 15 is 0 Å². The molecule has 0 saturated heterocycles. The Bertz CT molecular complexity index is 1220. The third-order valence-corrected chi connectivity index (χ3v) is 5.19. The van der Waals surface area contributed by atoms with Crippen molar-refractivity contribution >= 4 is 23.4 Å². The van der Waals surface area contributed by atoms with E-state index in [1.165, 1.54) is 28.6 Å². The van der Waals surface area contributed by atoms with Gasteiger partial charge in [0.1, 0.15) is 0 Å². The molecule has 11 heteroatoms. The Morgan fingerprint density at radius 2 is 1.75 bits per heavy atom. The van der Waals surface area contributed by atoms with E-state index in [1.807, 2.05) is 18.2 Å². The number of benzene rings is 2. The molecule has 4 rings (SSSR count). The van der Waals surface area contributed by atoms with Crippen LogP contribution in [0.2, 0.25) is 0 Å². The van der Waals surface area contributed by atoms with E-state index in [2.05, 4.69) is 25.6 Å². The number of alkyl halides is 3. The van der Waals surface area contributed by atoms with Gasteiger partial charge in [0.2, 0.25) is 0 Å². The van der Waals surface area contributed by atoms with Crippen LogP contribution in [0.25, 0.3) is 5.69 Å². The average Bonchev–Trinajstić information content (AvgIpc) is 3.23. The lowest BCUT2D eigenvalue weighted by molar-refractivity contribution is -0.137. The molecule has 4 aromatic rings. The largest absolute Gasteiger partial charge is 0.416 e. The molecule has 0 aliphatic heterocycles. The molecule has 0 fully saturated rings. The quantitative estimate of drug-likeness (QED) is 0.337. The van der Waals surface area contributed by atoms with Gasteiger partial charge < -0.3 is 5.32 Å². The van der Waals surface area contributed by atoms with Crippen LogP contribution >= 0.6 is 11.8 Å². The summed E-state index contributed by atoms with van der Waals surface area (Å²) in [5.41, 5.74) is 0.278. The summed E-state index contributed by atoms with van der Waals surface area (Å²) in [6, 6.07) is 15.2. The van der Waals surface area contributed by atoms with Gasteiger partial charge in [-0.25, -0.2) is 14.6 Å². The Morgan fingerprint density at radius 3 is 2.47 bits per heavy atom. The summed E-state index contributed by atoms with van der Waals surface area (Å²) in [6.45, 7) is 0. The normalized spacial score (nSPS) is 11.3. The number of anilines is 1. The molecule has 7 nitrogen and oxygen atoms in total. The van der Waals surface area contributed by atoms with E-state index < -0.39 is 17.6 Å². The van der Waals surface area contributed by atoms with Gasteiger partial charge in [-0.05, 0) is 36.4 Å². The van der Waals surface area contributed by atoms with E-state index in [0.29, 0.717) is 16.5 Å². The molecular weight excluding hydrogens is 441 g/mol. The lowest BCUT2D eigenvalue weighted by Gasteiger charge is -2.10. The lowest BCUT2D eigenvalue weighted by atomic mass is 10.2.